The Balaban J connectivity index is 2.64. The molecule has 6 heteroatoms. The van der Waals surface area contributed by atoms with Crippen LogP contribution in [-0.2, 0) is 19.1 Å². The lowest BCUT2D eigenvalue weighted by molar-refractivity contribution is -0.142. The Kier molecular flexibility index (Phi) is 6.52. The SMILES string of the molecule is CCC(CC)N1C(=O)CC(SC(C)CC(=O)OC)C1=O. The number of likely N-dealkylation sites (tertiary alicyclic amines) is 1. The number of nitrogens with zero attached hydrogens (tertiary/aromatic N) is 1. The summed E-state index contributed by atoms with van der Waals surface area (Å²) in [4.78, 5) is 37.0. The lowest BCUT2D eigenvalue weighted by atomic mass is 10.1. The summed E-state index contributed by atoms with van der Waals surface area (Å²) in [7, 11) is 1.35. The molecular formula is C14H23NO4S. The number of methoxy groups -OCH3 is 1. The zero-order valence-corrected chi connectivity index (χ0v) is 13.4. The molecule has 1 aliphatic heterocycles. The van der Waals surface area contributed by atoms with Gasteiger partial charge in [-0.3, -0.25) is 19.3 Å². The maximum absolute atomic E-state index is 12.3. The first kappa shape index (κ1) is 17.0. The highest BCUT2D eigenvalue weighted by Crippen LogP contribution is 2.31. The topological polar surface area (TPSA) is 63.7 Å². The number of hydrogen-bond donors (Lipinski definition) is 0. The molecule has 2 amide bonds. The molecule has 1 saturated heterocycles. The molecule has 0 saturated carbocycles. The van der Waals surface area contributed by atoms with Gasteiger partial charge in [0.25, 0.3) is 0 Å². The second-order valence-electron chi connectivity index (χ2n) is 4.99. The highest BCUT2D eigenvalue weighted by atomic mass is 32.2. The number of ether oxygens (including phenoxy) is 1. The van der Waals surface area contributed by atoms with Crippen molar-refractivity contribution in [3.05, 3.63) is 0 Å². The van der Waals surface area contributed by atoms with E-state index in [0.29, 0.717) is 0 Å². The van der Waals surface area contributed by atoms with Crippen LogP contribution in [0.15, 0.2) is 0 Å². The molecule has 20 heavy (non-hydrogen) atoms. The van der Waals surface area contributed by atoms with E-state index < -0.39 is 0 Å². The number of rotatable bonds is 7. The van der Waals surface area contributed by atoms with Crippen molar-refractivity contribution in [2.24, 2.45) is 0 Å². The van der Waals surface area contributed by atoms with Crippen LogP contribution in [-0.4, -0.2) is 46.3 Å². The third-order valence-electron chi connectivity index (χ3n) is 3.53. The fourth-order valence-electron chi connectivity index (χ4n) is 2.41. The van der Waals surface area contributed by atoms with E-state index in [-0.39, 0.29) is 47.2 Å². The average Bonchev–Trinajstić information content (AvgIpc) is 2.67. The van der Waals surface area contributed by atoms with Gasteiger partial charge < -0.3 is 4.74 Å². The van der Waals surface area contributed by atoms with Crippen molar-refractivity contribution in [2.75, 3.05) is 7.11 Å². The zero-order valence-electron chi connectivity index (χ0n) is 12.5. The van der Waals surface area contributed by atoms with Gasteiger partial charge in [-0.25, -0.2) is 0 Å². The Morgan fingerprint density at radius 2 is 2.00 bits per heavy atom. The van der Waals surface area contributed by atoms with Gasteiger partial charge in [0.1, 0.15) is 0 Å². The van der Waals surface area contributed by atoms with Crippen molar-refractivity contribution in [1.82, 2.24) is 4.90 Å². The standard InChI is InChI=1S/C14H23NO4S/c1-5-10(6-2)15-12(16)8-11(14(15)18)20-9(3)7-13(17)19-4/h9-11H,5-8H2,1-4H3. The van der Waals surface area contributed by atoms with Crippen LogP contribution >= 0.6 is 11.8 Å². The number of carbonyl (C=O) groups is 3. The first-order chi connectivity index (χ1) is 9.44. The molecule has 0 aromatic rings. The molecule has 1 aliphatic rings. The van der Waals surface area contributed by atoms with E-state index >= 15 is 0 Å². The lowest BCUT2D eigenvalue weighted by Crippen LogP contribution is -2.40. The Morgan fingerprint density at radius 1 is 1.40 bits per heavy atom. The highest BCUT2D eigenvalue weighted by Gasteiger charge is 2.42. The quantitative estimate of drug-likeness (QED) is 0.531. The van der Waals surface area contributed by atoms with Crippen molar-refractivity contribution >= 4 is 29.5 Å². The summed E-state index contributed by atoms with van der Waals surface area (Å²) in [5.41, 5.74) is 0. The van der Waals surface area contributed by atoms with Gasteiger partial charge in [0.05, 0.1) is 18.8 Å². The molecule has 0 radical (unpaired) electrons. The van der Waals surface area contributed by atoms with E-state index in [9.17, 15) is 14.4 Å². The van der Waals surface area contributed by atoms with Crippen molar-refractivity contribution in [3.8, 4) is 0 Å². The third kappa shape index (κ3) is 3.98. The molecule has 0 bridgehead atoms. The second kappa shape index (κ2) is 7.67. The summed E-state index contributed by atoms with van der Waals surface area (Å²) < 4.78 is 4.61. The normalized spacial score (nSPS) is 20.6. The van der Waals surface area contributed by atoms with Gasteiger partial charge in [0.2, 0.25) is 11.8 Å². The number of thioether (sulfide) groups is 1. The van der Waals surface area contributed by atoms with Gasteiger partial charge in [-0.15, -0.1) is 11.8 Å². The van der Waals surface area contributed by atoms with Crippen LogP contribution in [0.2, 0.25) is 0 Å². The molecule has 1 fully saturated rings. The molecular weight excluding hydrogens is 278 g/mol. The minimum atomic E-state index is -0.359. The lowest BCUT2D eigenvalue weighted by Gasteiger charge is -2.24. The number of imide groups is 1. The van der Waals surface area contributed by atoms with Crippen molar-refractivity contribution in [2.45, 2.75) is 63.0 Å². The molecule has 1 rings (SSSR count). The summed E-state index contributed by atoms with van der Waals surface area (Å²) in [6.45, 7) is 5.84. The number of hydrogen-bond acceptors (Lipinski definition) is 5. The predicted molar refractivity (Wildman–Crippen MR) is 78.3 cm³/mol. The zero-order chi connectivity index (χ0) is 15.3. The van der Waals surface area contributed by atoms with Gasteiger partial charge in [-0.2, -0.15) is 0 Å². The van der Waals surface area contributed by atoms with E-state index in [0.717, 1.165) is 12.8 Å². The van der Waals surface area contributed by atoms with Gasteiger partial charge in [-0.1, -0.05) is 20.8 Å². The molecule has 0 spiro atoms. The summed E-state index contributed by atoms with van der Waals surface area (Å²) in [6.07, 6.45) is 2.06. The van der Waals surface area contributed by atoms with E-state index in [1.807, 2.05) is 20.8 Å². The van der Waals surface area contributed by atoms with Crippen molar-refractivity contribution in [3.63, 3.8) is 0 Å². The van der Waals surface area contributed by atoms with Crippen LogP contribution < -0.4 is 0 Å². The smallest absolute Gasteiger partial charge is 0.306 e. The van der Waals surface area contributed by atoms with Gasteiger partial charge >= 0.3 is 5.97 Å². The van der Waals surface area contributed by atoms with Crippen LogP contribution in [0, 0.1) is 0 Å². The molecule has 0 aliphatic carbocycles. The van der Waals surface area contributed by atoms with E-state index in [4.69, 9.17) is 0 Å². The van der Waals surface area contributed by atoms with Crippen LogP contribution in [0.1, 0.15) is 46.5 Å². The molecule has 1 heterocycles. The first-order valence-electron chi connectivity index (χ1n) is 7.02. The maximum Gasteiger partial charge on any atom is 0.306 e. The van der Waals surface area contributed by atoms with Crippen LogP contribution in [0.5, 0.6) is 0 Å². The minimum absolute atomic E-state index is 0.00323. The molecule has 2 atom stereocenters. The molecule has 0 aromatic heterocycles. The van der Waals surface area contributed by atoms with Crippen LogP contribution in [0.25, 0.3) is 0 Å². The Hall–Kier alpha value is -1.04. The summed E-state index contributed by atoms with van der Waals surface area (Å²) in [5.74, 6) is -0.490. The number of esters is 1. The van der Waals surface area contributed by atoms with Crippen LogP contribution in [0.4, 0.5) is 0 Å². The minimum Gasteiger partial charge on any atom is -0.469 e. The van der Waals surface area contributed by atoms with E-state index in [2.05, 4.69) is 4.74 Å². The largest absolute Gasteiger partial charge is 0.469 e. The maximum atomic E-state index is 12.3. The van der Waals surface area contributed by atoms with Gasteiger partial charge in [0, 0.05) is 17.7 Å². The Morgan fingerprint density at radius 3 is 2.50 bits per heavy atom. The monoisotopic (exact) mass is 301 g/mol. The van der Waals surface area contributed by atoms with Crippen molar-refractivity contribution in [1.29, 1.82) is 0 Å². The highest BCUT2D eigenvalue weighted by molar-refractivity contribution is 8.01. The average molecular weight is 301 g/mol. The Bertz CT molecular complexity index is 381. The fourth-order valence-corrected chi connectivity index (χ4v) is 3.67. The molecule has 2 unspecified atom stereocenters. The van der Waals surface area contributed by atoms with E-state index in [1.165, 1.54) is 23.8 Å². The number of carbonyl (C=O) groups excluding carboxylic acids is 3. The predicted octanol–water partition coefficient (Wildman–Crippen LogP) is 1.99. The van der Waals surface area contributed by atoms with Crippen LogP contribution in [0.3, 0.4) is 0 Å². The molecule has 0 aromatic carbocycles. The molecule has 0 N–H and O–H groups in total. The molecule has 114 valence electrons. The van der Waals surface area contributed by atoms with Gasteiger partial charge in [0.15, 0.2) is 0 Å². The molecule has 5 nitrogen and oxygen atoms in total. The fraction of sp³-hybridized carbons (Fsp3) is 0.786. The number of amides is 2. The summed E-state index contributed by atoms with van der Waals surface area (Å²) in [5, 5.41) is -0.395. The van der Waals surface area contributed by atoms with Crippen molar-refractivity contribution < 1.29 is 19.1 Å². The van der Waals surface area contributed by atoms with Gasteiger partial charge in [-0.05, 0) is 12.8 Å². The first-order valence-corrected chi connectivity index (χ1v) is 7.96. The second-order valence-corrected chi connectivity index (χ2v) is 6.64. The Labute approximate surface area is 124 Å². The summed E-state index contributed by atoms with van der Waals surface area (Å²) >= 11 is 1.39. The summed E-state index contributed by atoms with van der Waals surface area (Å²) in [6, 6.07) is -0.00323. The third-order valence-corrected chi connectivity index (χ3v) is 4.86. The van der Waals surface area contributed by atoms with E-state index in [1.54, 1.807) is 0 Å².